The van der Waals surface area contributed by atoms with Crippen molar-refractivity contribution >= 4 is 29.6 Å². The maximum absolute atomic E-state index is 13.8. The first-order chi connectivity index (χ1) is 19.6. The summed E-state index contributed by atoms with van der Waals surface area (Å²) in [6.45, 7) is 2.32. The summed E-state index contributed by atoms with van der Waals surface area (Å²) >= 11 is 0. The standard InChI is InChI=1S/C28H33N7O6/c1-4-41-27(38)31-23-21(24(29)32-25(36)19-11-8-12-20(15-19)35(39)40)16-34(28(23)13-14-28)26(37)30-22(17-33(2)3)18-9-6-5-7-10-18/h5-12,15,22H,4,13-14,16-17H2,1-3H3,(H,30,37)(H,31,38)(H2,29,32,36). The average Bonchev–Trinajstić information content (AvgIpc) is 3.67. The topological polar surface area (TPSA) is 173 Å². The lowest BCUT2D eigenvalue weighted by Gasteiger charge is -2.30. The molecule has 2 aromatic carbocycles. The number of ether oxygens (including phenoxy) is 1. The van der Waals surface area contributed by atoms with E-state index >= 15 is 0 Å². The summed E-state index contributed by atoms with van der Waals surface area (Å²) in [5, 5.41) is 17.0. The number of non-ortho nitro benzene ring substituents is 1. The normalized spacial score (nSPS) is 16.5. The molecule has 1 unspecified atom stereocenters. The summed E-state index contributed by atoms with van der Waals surface area (Å²) in [6, 6.07) is 14.0. The van der Waals surface area contributed by atoms with E-state index in [0.717, 1.165) is 11.6 Å². The van der Waals surface area contributed by atoms with Crippen LogP contribution in [0.1, 0.15) is 41.7 Å². The molecule has 2 aromatic rings. The lowest BCUT2D eigenvalue weighted by Crippen LogP contribution is -2.49. The maximum atomic E-state index is 13.8. The minimum absolute atomic E-state index is 0.0192. The fraction of sp³-hybridized carbons (Fsp3) is 0.357. The van der Waals surface area contributed by atoms with Crippen molar-refractivity contribution in [3.63, 3.8) is 0 Å². The summed E-state index contributed by atoms with van der Waals surface area (Å²) in [7, 11) is 3.83. The second-order valence-electron chi connectivity index (χ2n) is 10.1. The van der Waals surface area contributed by atoms with Crippen LogP contribution in [-0.4, -0.2) is 77.9 Å². The Kier molecular flexibility index (Phi) is 8.67. The summed E-state index contributed by atoms with van der Waals surface area (Å²) in [4.78, 5) is 57.2. The van der Waals surface area contributed by atoms with E-state index in [9.17, 15) is 24.5 Å². The average molecular weight is 564 g/mol. The molecule has 216 valence electrons. The Labute approximate surface area is 237 Å². The van der Waals surface area contributed by atoms with Gasteiger partial charge in [-0.25, -0.2) is 9.59 Å². The molecule has 1 aliphatic carbocycles. The van der Waals surface area contributed by atoms with Gasteiger partial charge in [-0.15, -0.1) is 0 Å². The van der Waals surface area contributed by atoms with Gasteiger partial charge in [0.05, 0.1) is 35.4 Å². The second-order valence-corrected chi connectivity index (χ2v) is 10.1. The van der Waals surface area contributed by atoms with Crippen molar-refractivity contribution in [3.8, 4) is 0 Å². The van der Waals surface area contributed by atoms with Gasteiger partial charge in [-0.3, -0.25) is 20.2 Å². The van der Waals surface area contributed by atoms with E-state index in [-0.39, 0.29) is 42.3 Å². The Morgan fingerprint density at radius 3 is 2.49 bits per heavy atom. The molecule has 4 amide bonds. The van der Waals surface area contributed by atoms with E-state index in [1.54, 1.807) is 11.8 Å². The third-order valence-corrected chi connectivity index (χ3v) is 6.95. The zero-order chi connectivity index (χ0) is 29.7. The van der Waals surface area contributed by atoms with Gasteiger partial charge < -0.3 is 25.6 Å². The molecule has 1 aliphatic heterocycles. The molecule has 41 heavy (non-hydrogen) atoms. The largest absolute Gasteiger partial charge is 0.450 e. The van der Waals surface area contributed by atoms with E-state index in [2.05, 4.69) is 15.6 Å². The molecule has 1 heterocycles. The Balaban J connectivity index is 1.64. The third kappa shape index (κ3) is 6.52. The molecular formula is C28H33N7O6. The zero-order valence-electron chi connectivity index (χ0n) is 23.1. The highest BCUT2D eigenvalue weighted by molar-refractivity contribution is 6.10. The number of nitrogens with zero attached hydrogens (tertiary/aromatic N) is 4. The van der Waals surface area contributed by atoms with Gasteiger partial charge >= 0.3 is 12.1 Å². The highest BCUT2D eigenvalue weighted by atomic mass is 16.6. The summed E-state index contributed by atoms with van der Waals surface area (Å²) < 4.78 is 5.08. The molecule has 13 nitrogen and oxygen atoms in total. The second kappa shape index (κ2) is 12.2. The van der Waals surface area contributed by atoms with Crippen molar-refractivity contribution < 1.29 is 24.0 Å². The monoisotopic (exact) mass is 563 g/mol. The van der Waals surface area contributed by atoms with Crippen molar-refractivity contribution in [3.05, 3.63) is 87.1 Å². The smallest absolute Gasteiger partial charge is 0.411 e. The zero-order valence-corrected chi connectivity index (χ0v) is 23.1. The van der Waals surface area contributed by atoms with Crippen LogP contribution in [-0.2, 0) is 4.74 Å². The first-order valence-electron chi connectivity index (χ1n) is 13.1. The Morgan fingerprint density at radius 2 is 1.88 bits per heavy atom. The van der Waals surface area contributed by atoms with Crippen LogP contribution in [0.15, 0.2) is 70.9 Å². The number of nitrogens with two attached hydrogens (primary N) is 1. The molecule has 1 saturated carbocycles. The van der Waals surface area contributed by atoms with Crippen molar-refractivity contribution in [2.24, 2.45) is 10.7 Å². The number of nitrogens with one attached hydrogen (secondary N) is 2. The number of urea groups is 1. The molecule has 13 heteroatoms. The number of amidine groups is 1. The predicted octanol–water partition coefficient (Wildman–Crippen LogP) is 2.95. The lowest BCUT2D eigenvalue weighted by molar-refractivity contribution is -0.384. The van der Waals surface area contributed by atoms with Crippen LogP contribution < -0.4 is 16.4 Å². The molecule has 0 radical (unpaired) electrons. The van der Waals surface area contributed by atoms with Crippen LogP contribution in [0.25, 0.3) is 0 Å². The first kappa shape index (κ1) is 29.2. The highest BCUT2D eigenvalue weighted by Crippen LogP contribution is 2.52. The Hall–Kier alpha value is -4.78. The van der Waals surface area contributed by atoms with Gasteiger partial charge in [0.25, 0.3) is 11.6 Å². The fourth-order valence-corrected chi connectivity index (χ4v) is 4.88. The summed E-state index contributed by atoms with van der Waals surface area (Å²) in [5.41, 5.74) is 6.75. The molecule has 1 atom stereocenters. The van der Waals surface area contributed by atoms with Crippen LogP contribution >= 0.6 is 0 Å². The van der Waals surface area contributed by atoms with E-state index in [4.69, 9.17) is 10.5 Å². The minimum atomic E-state index is -0.847. The number of nitro benzene ring substituents is 1. The van der Waals surface area contributed by atoms with Gasteiger partial charge in [-0.05, 0) is 45.5 Å². The van der Waals surface area contributed by atoms with E-state index < -0.39 is 22.5 Å². The molecule has 0 saturated heterocycles. The van der Waals surface area contributed by atoms with E-state index in [1.165, 1.54) is 18.2 Å². The SMILES string of the molecule is CCOC(=O)NC1=C(C(N)=NC(=O)c2cccc([N+](=O)[O-])c2)CN(C(=O)NC(CN(C)C)c2ccccc2)C12CC2. The lowest BCUT2D eigenvalue weighted by atomic mass is 10.1. The molecule has 0 aromatic heterocycles. The number of likely N-dealkylation sites (N-methyl/N-ethyl adjacent to an activating group) is 1. The minimum Gasteiger partial charge on any atom is -0.450 e. The third-order valence-electron chi connectivity index (χ3n) is 6.95. The van der Waals surface area contributed by atoms with Crippen LogP contribution in [0, 0.1) is 10.1 Å². The summed E-state index contributed by atoms with van der Waals surface area (Å²) in [6.07, 6.45) is 0.393. The number of nitro groups is 1. The quantitative estimate of drug-likeness (QED) is 0.181. The van der Waals surface area contributed by atoms with Crippen molar-refractivity contribution in [1.29, 1.82) is 0 Å². The number of alkyl carbamates (subject to hydrolysis) is 1. The molecule has 4 N–H and O–H groups in total. The van der Waals surface area contributed by atoms with Gasteiger partial charge in [-0.2, -0.15) is 4.99 Å². The molecule has 2 aliphatic rings. The van der Waals surface area contributed by atoms with E-state index in [1.807, 2.05) is 49.3 Å². The van der Waals surface area contributed by atoms with E-state index in [0.29, 0.717) is 30.7 Å². The first-order valence-corrected chi connectivity index (χ1v) is 13.1. The number of hydrogen-bond acceptors (Lipinski definition) is 7. The number of benzene rings is 2. The number of aliphatic imine (C=N–C) groups is 1. The van der Waals surface area contributed by atoms with Gasteiger partial charge in [0.2, 0.25) is 0 Å². The van der Waals surface area contributed by atoms with Crippen LogP contribution in [0.2, 0.25) is 0 Å². The van der Waals surface area contributed by atoms with Gasteiger partial charge in [0.15, 0.2) is 0 Å². The van der Waals surface area contributed by atoms with Gasteiger partial charge in [0, 0.05) is 29.8 Å². The summed E-state index contributed by atoms with van der Waals surface area (Å²) in [5.74, 6) is -1.00. The molecule has 0 bridgehead atoms. The van der Waals surface area contributed by atoms with Crippen molar-refractivity contribution in [1.82, 2.24) is 20.4 Å². The number of hydrogen-bond donors (Lipinski definition) is 3. The highest BCUT2D eigenvalue weighted by Gasteiger charge is 2.59. The molecule has 1 fully saturated rings. The fourth-order valence-electron chi connectivity index (χ4n) is 4.88. The number of rotatable bonds is 9. The predicted molar refractivity (Wildman–Crippen MR) is 151 cm³/mol. The number of carbonyl (C=O) groups excluding carboxylic acids is 3. The van der Waals surface area contributed by atoms with Crippen LogP contribution in [0.5, 0.6) is 0 Å². The van der Waals surface area contributed by atoms with Crippen LogP contribution in [0.4, 0.5) is 15.3 Å². The van der Waals surface area contributed by atoms with Crippen molar-refractivity contribution in [2.45, 2.75) is 31.3 Å². The Bertz CT molecular complexity index is 1400. The van der Waals surface area contributed by atoms with Gasteiger partial charge in [-0.1, -0.05) is 36.4 Å². The molecular weight excluding hydrogens is 530 g/mol. The van der Waals surface area contributed by atoms with Gasteiger partial charge in [0.1, 0.15) is 5.84 Å². The number of carbonyl (C=O) groups is 3. The number of amides is 4. The maximum Gasteiger partial charge on any atom is 0.411 e. The van der Waals surface area contributed by atoms with Crippen molar-refractivity contribution in [2.75, 3.05) is 33.8 Å². The molecule has 1 spiro atoms. The Morgan fingerprint density at radius 1 is 1.17 bits per heavy atom. The molecule has 4 rings (SSSR count). The van der Waals surface area contributed by atoms with Crippen LogP contribution in [0.3, 0.4) is 0 Å².